The molecule has 1 aromatic heterocycles. The van der Waals surface area contributed by atoms with Crippen LogP contribution in [0.2, 0.25) is 0 Å². The number of rotatable bonds is 5. The van der Waals surface area contributed by atoms with Crippen LogP contribution in [-0.2, 0) is 0 Å². The van der Waals surface area contributed by atoms with Crippen molar-refractivity contribution in [2.45, 2.75) is 51.5 Å². The number of amides is 2. The van der Waals surface area contributed by atoms with Crippen molar-refractivity contribution in [3.05, 3.63) is 59.9 Å². The molecular weight excluding hydrogens is 338 g/mol. The highest BCUT2D eigenvalue weighted by Gasteiger charge is 2.20. The third kappa shape index (κ3) is 4.94. The number of carbonyl (C=O) groups excluding carboxylic acids is 2. The van der Waals surface area contributed by atoms with E-state index in [1.54, 1.807) is 17.0 Å². The fourth-order valence-electron chi connectivity index (χ4n) is 3.57. The molecule has 142 valence electrons. The van der Waals surface area contributed by atoms with Crippen molar-refractivity contribution in [1.82, 2.24) is 10.3 Å². The number of hydrogen-bond acceptors (Lipinski definition) is 3. The quantitative estimate of drug-likeness (QED) is 0.808. The van der Waals surface area contributed by atoms with Gasteiger partial charge in [-0.3, -0.25) is 14.6 Å². The smallest absolute Gasteiger partial charge is 0.276 e. The Morgan fingerprint density at radius 3 is 2.44 bits per heavy atom. The summed E-state index contributed by atoms with van der Waals surface area (Å²) in [5.41, 5.74) is 1.59. The number of para-hydroxylation sites is 1. The Labute approximate surface area is 160 Å². The van der Waals surface area contributed by atoms with Crippen LogP contribution in [0, 0.1) is 0 Å². The number of hydrogen-bond donors (Lipinski definition) is 1. The number of benzene rings is 1. The molecule has 1 N–H and O–H groups in total. The van der Waals surface area contributed by atoms with E-state index < -0.39 is 0 Å². The summed E-state index contributed by atoms with van der Waals surface area (Å²) in [7, 11) is 0. The van der Waals surface area contributed by atoms with Crippen LogP contribution in [0.4, 0.5) is 5.69 Å². The molecule has 1 fully saturated rings. The second kappa shape index (κ2) is 9.31. The lowest BCUT2D eigenvalue weighted by Crippen LogP contribution is -2.35. The van der Waals surface area contributed by atoms with E-state index in [1.165, 1.54) is 19.0 Å². The third-order valence-corrected chi connectivity index (χ3v) is 5.06. The topological polar surface area (TPSA) is 62.3 Å². The van der Waals surface area contributed by atoms with Crippen LogP contribution in [0.15, 0.2) is 48.7 Å². The number of carbonyl (C=O) groups is 2. The molecule has 2 amide bonds. The summed E-state index contributed by atoms with van der Waals surface area (Å²) in [6.07, 6.45) is 8.40. The summed E-state index contributed by atoms with van der Waals surface area (Å²) in [5, 5.41) is 3.12. The lowest BCUT2D eigenvalue weighted by atomic mass is 10.1. The predicted molar refractivity (Wildman–Crippen MR) is 107 cm³/mol. The van der Waals surface area contributed by atoms with E-state index in [4.69, 9.17) is 0 Å². The van der Waals surface area contributed by atoms with Gasteiger partial charge in [-0.05, 0) is 44.0 Å². The summed E-state index contributed by atoms with van der Waals surface area (Å²) in [6, 6.07) is 13.0. The fraction of sp³-hybridized carbons (Fsp3) is 0.409. The molecule has 0 saturated heterocycles. The first-order chi connectivity index (χ1) is 13.2. The molecule has 27 heavy (non-hydrogen) atoms. The van der Waals surface area contributed by atoms with Gasteiger partial charge in [-0.25, -0.2) is 0 Å². The van der Waals surface area contributed by atoms with Gasteiger partial charge in [-0.15, -0.1) is 0 Å². The molecule has 0 atom stereocenters. The second-order valence-corrected chi connectivity index (χ2v) is 6.98. The highest BCUT2D eigenvalue weighted by atomic mass is 16.2. The van der Waals surface area contributed by atoms with Gasteiger partial charge >= 0.3 is 0 Å². The first-order valence-corrected chi connectivity index (χ1v) is 9.83. The average Bonchev–Trinajstić information content (AvgIpc) is 2.98. The average molecular weight is 365 g/mol. The second-order valence-electron chi connectivity index (χ2n) is 6.98. The molecule has 5 nitrogen and oxygen atoms in total. The van der Waals surface area contributed by atoms with E-state index in [-0.39, 0.29) is 23.6 Å². The SMILES string of the molecule is CCN(C(=O)c1cc(C(=O)NC2CCCCCC2)ccn1)c1ccccc1. The van der Waals surface area contributed by atoms with Crippen LogP contribution in [0.3, 0.4) is 0 Å². The highest BCUT2D eigenvalue weighted by Crippen LogP contribution is 2.19. The standard InChI is InChI=1S/C22H27N3O2/c1-2-25(19-12-8-5-9-13-19)22(27)20-16-17(14-15-23-20)21(26)24-18-10-6-3-4-7-11-18/h5,8-9,12-16,18H,2-4,6-7,10-11H2,1H3,(H,24,26). The molecule has 2 aromatic rings. The monoisotopic (exact) mass is 365 g/mol. The highest BCUT2D eigenvalue weighted by molar-refractivity contribution is 6.06. The normalized spacial score (nSPS) is 15.0. The minimum Gasteiger partial charge on any atom is -0.349 e. The Balaban J connectivity index is 1.74. The van der Waals surface area contributed by atoms with Crippen LogP contribution < -0.4 is 10.2 Å². The summed E-state index contributed by atoms with van der Waals surface area (Å²) in [5.74, 6) is -0.325. The van der Waals surface area contributed by atoms with Gasteiger partial charge in [-0.1, -0.05) is 43.9 Å². The first kappa shape index (κ1) is 19.1. The minimum absolute atomic E-state index is 0.124. The van der Waals surface area contributed by atoms with Gasteiger partial charge in [0.25, 0.3) is 11.8 Å². The third-order valence-electron chi connectivity index (χ3n) is 5.06. The van der Waals surface area contributed by atoms with Crippen LogP contribution in [-0.4, -0.2) is 29.4 Å². The number of aromatic nitrogens is 1. The van der Waals surface area contributed by atoms with Crippen LogP contribution in [0.25, 0.3) is 0 Å². The molecule has 1 heterocycles. The van der Waals surface area contributed by atoms with Crippen LogP contribution in [0.1, 0.15) is 66.3 Å². The van der Waals surface area contributed by atoms with E-state index >= 15 is 0 Å². The molecule has 0 bridgehead atoms. The van der Waals surface area contributed by atoms with Gasteiger partial charge in [0.05, 0.1) is 0 Å². The molecule has 0 radical (unpaired) electrons. The van der Waals surface area contributed by atoms with E-state index in [1.807, 2.05) is 37.3 Å². The van der Waals surface area contributed by atoms with Crippen molar-refractivity contribution in [3.63, 3.8) is 0 Å². The van der Waals surface area contributed by atoms with E-state index in [9.17, 15) is 9.59 Å². The molecule has 1 aliphatic rings. The Kier molecular flexibility index (Phi) is 6.58. The maximum atomic E-state index is 12.9. The van der Waals surface area contributed by atoms with Gasteiger partial charge in [-0.2, -0.15) is 0 Å². The van der Waals surface area contributed by atoms with Gasteiger partial charge in [0.2, 0.25) is 0 Å². The van der Waals surface area contributed by atoms with Crippen LogP contribution >= 0.6 is 0 Å². The predicted octanol–water partition coefficient (Wildman–Crippen LogP) is 4.20. The summed E-state index contributed by atoms with van der Waals surface area (Å²) in [4.78, 5) is 31.4. The molecule has 1 aliphatic carbocycles. The zero-order valence-electron chi connectivity index (χ0n) is 15.9. The van der Waals surface area contributed by atoms with Crippen molar-refractivity contribution in [1.29, 1.82) is 0 Å². The number of nitrogens with zero attached hydrogens (tertiary/aromatic N) is 2. The number of pyridine rings is 1. The van der Waals surface area contributed by atoms with Crippen molar-refractivity contribution in [3.8, 4) is 0 Å². The van der Waals surface area contributed by atoms with Gasteiger partial charge in [0, 0.05) is 30.0 Å². The summed E-state index contributed by atoms with van der Waals surface area (Å²) >= 11 is 0. The lowest BCUT2D eigenvalue weighted by molar-refractivity contribution is 0.0933. The Bertz CT molecular complexity index is 768. The van der Waals surface area contributed by atoms with Crippen molar-refractivity contribution < 1.29 is 9.59 Å². The van der Waals surface area contributed by atoms with E-state index in [2.05, 4.69) is 10.3 Å². The maximum absolute atomic E-state index is 12.9. The minimum atomic E-state index is -0.201. The molecule has 0 aliphatic heterocycles. The summed E-state index contributed by atoms with van der Waals surface area (Å²) in [6.45, 7) is 2.45. The number of nitrogens with one attached hydrogen (secondary N) is 1. The first-order valence-electron chi connectivity index (χ1n) is 9.83. The lowest BCUT2D eigenvalue weighted by Gasteiger charge is -2.21. The molecule has 0 spiro atoms. The van der Waals surface area contributed by atoms with Crippen molar-refractivity contribution >= 4 is 17.5 Å². The fourth-order valence-corrected chi connectivity index (χ4v) is 3.57. The molecule has 1 aromatic carbocycles. The van der Waals surface area contributed by atoms with Gasteiger partial charge in [0.15, 0.2) is 0 Å². The zero-order valence-corrected chi connectivity index (χ0v) is 15.9. The molecular formula is C22H27N3O2. The van der Waals surface area contributed by atoms with Crippen molar-refractivity contribution in [2.24, 2.45) is 0 Å². The Hall–Kier alpha value is -2.69. The van der Waals surface area contributed by atoms with Crippen LogP contribution in [0.5, 0.6) is 0 Å². The molecule has 1 saturated carbocycles. The Morgan fingerprint density at radius 1 is 1.07 bits per heavy atom. The van der Waals surface area contributed by atoms with E-state index in [0.29, 0.717) is 12.1 Å². The van der Waals surface area contributed by atoms with E-state index in [0.717, 1.165) is 31.4 Å². The van der Waals surface area contributed by atoms with Crippen molar-refractivity contribution in [2.75, 3.05) is 11.4 Å². The van der Waals surface area contributed by atoms with Gasteiger partial charge in [0.1, 0.15) is 5.69 Å². The molecule has 0 unspecified atom stereocenters. The number of anilines is 1. The molecule has 3 rings (SSSR count). The van der Waals surface area contributed by atoms with Gasteiger partial charge < -0.3 is 10.2 Å². The Morgan fingerprint density at radius 2 is 1.78 bits per heavy atom. The zero-order chi connectivity index (χ0) is 19.1. The maximum Gasteiger partial charge on any atom is 0.276 e. The molecule has 5 heteroatoms. The largest absolute Gasteiger partial charge is 0.349 e. The summed E-state index contributed by atoms with van der Waals surface area (Å²) < 4.78 is 0.